The predicted octanol–water partition coefficient (Wildman–Crippen LogP) is 5.51. The van der Waals surface area contributed by atoms with Crippen molar-refractivity contribution in [3.8, 4) is 0 Å². The molecule has 1 aliphatic heterocycles. The number of nitrogens with zero attached hydrogens (tertiary/aromatic N) is 2. The molecule has 0 spiro atoms. The molecule has 1 saturated heterocycles. The summed E-state index contributed by atoms with van der Waals surface area (Å²) in [5.41, 5.74) is 5.11. The molecule has 34 heavy (non-hydrogen) atoms. The Labute approximate surface area is 204 Å². The molecule has 0 aliphatic carbocycles. The van der Waals surface area contributed by atoms with Crippen molar-refractivity contribution in [1.29, 1.82) is 0 Å². The highest BCUT2D eigenvalue weighted by Gasteiger charge is 2.31. The van der Waals surface area contributed by atoms with Crippen molar-refractivity contribution in [3.63, 3.8) is 0 Å². The lowest BCUT2D eigenvalue weighted by atomic mass is 10.0. The Kier molecular flexibility index (Phi) is 6.89. The van der Waals surface area contributed by atoms with E-state index < -0.39 is 0 Å². The molecule has 0 N–H and O–H groups in total. The van der Waals surface area contributed by atoms with E-state index in [2.05, 4.69) is 23.6 Å². The van der Waals surface area contributed by atoms with Gasteiger partial charge in [-0.3, -0.25) is 19.3 Å². The summed E-state index contributed by atoms with van der Waals surface area (Å²) in [6.45, 7) is 7.85. The summed E-state index contributed by atoms with van der Waals surface area (Å²) < 4.78 is 2.15. The van der Waals surface area contributed by atoms with Crippen molar-refractivity contribution >= 4 is 29.2 Å². The first-order valence-corrected chi connectivity index (χ1v) is 12.3. The molecule has 2 aromatic carbocycles. The van der Waals surface area contributed by atoms with Gasteiger partial charge in [0.2, 0.25) is 5.91 Å². The Morgan fingerprint density at radius 1 is 1.00 bits per heavy atom. The molecule has 0 radical (unpaired) electrons. The molecule has 1 aliphatic rings. The zero-order valence-electron chi connectivity index (χ0n) is 19.9. The van der Waals surface area contributed by atoms with Gasteiger partial charge in [-0.15, -0.1) is 0 Å². The number of carbonyl (C=O) groups excluding carboxylic acids is 3. The molecule has 1 aromatic heterocycles. The topological polar surface area (TPSA) is 59.4 Å². The molecule has 0 saturated carbocycles. The summed E-state index contributed by atoms with van der Waals surface area (Å²) in [7, 11) is 0. The number of Topliss-reactive ketones (excluding diaryl/α,β-unsaturated/α-hetero) is 1. The monoisotopic (exact) mass is 472 g/mol. The van der Waals surface area contributed by atoms with Crippen molar-refractivity contribution in [1.82, 2.24) is 9.47 Å². The molecule has 5 nitrogen and oxygen atoms in total. The summed E-state index contributed by atoms with van der Waals surface area (Å²) in [4.78, 5) is 40.2. The lowest BCUT2D eigenvalue weighted by Crippen LogP contribution is -2.31. The number of rotatable bonds is 7. The highest BCUT2D eigenvalue weighted by molar-refractivity contribution is 8.04. The highest BCUT2D eigenvalue weighted by atomic mass is 32.2. The lowest BCUT2D eigenvalue weighted by Gasteiger charge is -2.20. The number of aryl methyl sites for hydroxylation is 2. The fourth-order valence-corrected chi connectivity index (χ4v) is 5.44. The van der Waals surface area contributed by atoms with Gasteiger partial charge in [0.1, 0.15) is 0 Å². The lowest BCUT2D eigenvalue weighted by molar-refractivity contribution is -0.125. The second kappa shape index (κ2) is 9.85. The molecule has 0 bridgehead atoms. The summed E-state index contributed by atoms with van der Waals surface area (Å²) in [5.74, 6) is -0.231. The first kappa shape index (κ1) is 23.8. The van der Waals surface area contributed by atoms with Crippen LogP contribution in [-0.2, 0) is 4.79 Å². The normalized spacial score (nSPS) is 15.7. The van der Waals surface area contributed by atoms with E-state index in [1.807, 2.05) is 63.2 Å². The van der Waals surface area contributed by atoms with Crippen molar-refractivity contribution in [2.45, 2.75) is 33.7 Å². The van der Waals surface area contributed by atoms with Gasteiger partial charge in [-0.25, -0.2) is 0 Å². The number of ketones is 2. The van der Waals surface area contributed by atoms with Crippen LogP contribution in [0.4, 0.5) is 0 Å². The zero-order chi connectivity index (χ0) is 24.4. The van der Waals surface area contributed by atoms with Gasteiger partial charge in [0, 0.05) is 28.6 Å². The van der Waals surface area contributed by atoms with E-state index in [1.165, 1.54) is 22.7 Å². The van der Waals surface area contributed by atoms with Crippen LogP contribution in [0.2, 0.25) is 0 Å². The van der Waals surface area contributed by atoms with E-state index in [-0.39, 0.29) is 35.8 Å². The van der Waals surface area contributed by atoms with E-state index in [0.717, 1.165) is 22.5 Å². The smallest absolute Gasteiger partial charge is 0.238 e. The average Bonchev–Trinajstić information content (AvgIpc) is 3.32. The third-order valence-corrected chi connectivity index (χ3v) is 7.36. The molecule has 6 heteroatoms. The molecule has 4 rings (SSSR count). The Morgan fingerprint density at radius 2 is 1.68 bits per heavy atom. The molecule has 3 aromatic rings. The van der Waals surface area contributed by atoms with Crippen LogP contribution in [0.1, 0.15) is 56.2 Å². The number of allylic oxidation sites excluding steroid dienone is 1. The number of amides is 1. The molecule has 174 valence electrons. The second-order valence-electron chi connectivity index (χ2n) is 8.59. The molecule has 1 fully saturated rings. The maximum atomic E-state index is 13.3. The Morgan fingerprint density at radius 3 is 2.38 bits per heavy atom. The van der Waals surface area contributed by atoms with Gasteiger partial charge in [-0.2, -0.15) is 0 Å². The van der Waals surface area contributed by atoms with Crippen LogP contribution in [0.15, 0.2) is 71.8 Å². The minimum Gasteiger partial charge on any atom is -0.341 e. The fraction of sp³-hybridized carbons (Fsp3) is 0.250. The van der Waals surface area contributed by atoms with Crippen LogP contribution in [0.3, 0.4) is 0 Å². The van der Waals surface area contributed by atoms with Crippen molar-refractivity contribution in [2.75, 3.05) is 12.3 Å². The molecule has 2 heterocycles. The second-order valence-corrected chi connectivity index (χ2v) is 9.59. The first-order chi connectivity index (χ1) is 16.3. The van der Waals surface area contributed by atoms with E-state index in [0.29, 0.717) is 16.2 Å². The van der Waals surface area contributed by atoms with Gasteiger partial charge in [0.25, 0.3) is 0 Å². The van der Waals surface area contributed by atoms with Crippen LogP contribution in [-0.4, -0.2) is 39.2 Å². The van der Waals surface area contributed by atoms with E-state index >= 15 is 0 Å². The van der Waals surface area contributed by atoms with E-state index in [1.54, 1.807) is 6.07 Å². The SMILES string of the molecule is Cc1ccccc1C(=O)/C=C1\SCC(=O)N1CC(=O)c1cc(C)n(C(C)c2ccccc2)c1C. The van der Waals surface area contributed by atoms with Gasteiger partial charge in [-0.05, 0) is 44.9 Å². The summed E-state index contributed by atoms with van der Waals surface area (Å²) in [5, 5.41) is 0.526. The molecule has 1 amide bonds. The van der Waals surface area contributed by atoms with E-state index in [9.17, 15) is 14.4 Å². The molecule has 1 atom stereocenters. The largest absolute Gasteiger partial charge is 0.341 e. The quantitative estimate of drug-likeness (QED) is 0.336. The maximum absolute atomic E-state index is 13.3. The van der Waals surface area contributed by atoms with Crippen LogP contribution >= 0.6 is 11.8 Å². The standard InChI is InChI=1S/C28H28N2O3S/c1-18-10-8-9-13-23(18)25(31)15-28-29(27(33)17-34-28)16-26(32)24-14-19(2)30(21(24)4)20(3)22-11-6-5-7-12-22/h5-15,20H,16-17H2,1-4H3/b28-15-. The van der Waals surface area contributed by atoms with Gasteiger partial charge >= 0.3 is 0 Å². The maximum Gasteiger partial charge on any atom is 0.238 e. The number of hydrogen-bond acceptors (Lipinski definition) is 4. The molecular weight excluding hydrogens is 444 g/mol. The van der Waals surface area contributed by atoms with E-state index in [4.69, 9.17) is 0 Å². The van der Waals surface area contributed by atoms with Crippen LogP contribution in [0.5, 0.6) is 0 Å². The summed E-state index contributed by atoms with van der Waals surface area (Å²) in [6.07, 6.45) is 1.48. The summed E-state index contributed by atoms with van der Waals surface area (Å²) in [6, 6.07) is 19.5. The number of aromatic nitrogens is 1. The van der Waals surface area contributed by atoms with Crippen LogP contribution in [0.25, 0.3) is 0 Å². The minimum atomic E-state index is -0.164. The van der Waals surface area contributed by atoms with Crippen molar-refractivity contribution in [2.24, 2.45) is 0 Å². The fourth-order valence-electron chi connectivity index (χ4n) is 4.50. The Hall–Kier alpha value is -3.38. The van der Waals surface area contributed by atoms with Crippen molar-refractivity contribution in [3.05, 3.63) is 105 Å². The first-order valence-electron chi connectivity index (χ1n) is 11.3. The average molecular weight is 473 g/mol. The number of carbonyl (C=O) groups is 3. The zero-order valence-corrected chi connectivity index (χ0v) is 20.7. The van der Waals surface area contributed by atoms with Gasteiger partial charge < -0.3 is 4.57 Å². The number of benzene rings is 2. The van der Waals surface area contributed by atoms with Gasteiger partial charge in [-0.1, -0.05) is 66.4 Å². The van der Waals surface area contributed by atoms with Crippen LogP contribution < -0.4 is 0 Å². The Balaban J connectivity index is 1.58. The minimum absolute atomic E-state index is 0.0777. The third-order valence-electron chi connectivity index (χ3n) is 6.33. The third kappa shape index (κ3) is 4.64. The highest BCUT2D eigenvalue weighted by Crippen LogP contribution is 2.31. The number of hydrogen-bond donors (Lipinski definition) is 0. The number of thioether (sulfide) groups is 1. The molecule has 1 unspecified atom stereocenters. The van der Waals surface area contributed by atoms with Crippen LogP contribution in [0, 0.1) is 20.8 Å². The summed E-state index contributed by atoms with van der Waals surface area (Å²) >= 11 is 1.30. The molecular formula is C28H28N2O3S. The van der Waals surface area contributed by atoms with Gasteiger partial charge in [0.15, 0.2) is 11.6 Å². The van der Waals surface area contributed by atoms with Gasteiger partial charge in [0.05, 0.1) is 23.4 Å². The Bertz CT molecular complexity index is 1290. The van der Waals surface area contributed by atoms with Crippen molar-refractivity contribution < 1.29 is 14.4 Å². The predicted molar refractivity (Wildman–Crippen MR) is 136 cm³/mol.